The van der Waals surface area contributed by atoms with Gasteiger partial charge in [-0.1, -0.05) is 0 Å². The van der Waals surface area contributed by atoms with Crippen LogP contribution in [0.5, 0.6) is 0 Å². The summed E-state index contributed by atoms with van der Waals surface area (Å²) in [5.74, 6) is -1.19. The predicted molar refractivity (Wildman–Crippen MR) is 51.2 cm³/mol. The Bertz CT molecular complexity index is 356. The Morgan fingerprint density at radius 2 is 2.20 bits per heavy atom. The lowest BCUT2D eigenvalue weighted by atomic mass is 10.1. The molecule has 0 saturated heterocycles. The fourth-order valence-corrected chi connectivity index (χ4v) is 1.10. The number of carboxylic acids is 1. The average molecular weight is 212 g/mol. The molecule has 82 valence electrons. The smallest absolute Gasteiger partial charge is 0.354 e. The van der Waals surface area contributed by atoms with Gasteiger partial charge in [-0.05, 0) is 17.7 Å². The number of nitrogens with zero attached hydrogens (tertiary/aromatic N) is 1. The molecule has 1 heterocycles. The topological polar surface area (TPSA) is 117 Å². The second kappa shape index (κ2) is 4.83. The minimum atomic E-state index is -1.20. The maximum absolute atomic E-state index is 10.6. The lowest BCUT2D eigenvalue weighted by Gasteiger charge is -2.16. The molecule has 0 bridgehead atoms. The lowest BCUT2D eigenvalue weighted by molar-refractivity contribution is 0.0242. The summed E-state index contributed by atoms with van der Waals surface area (Å²) < 4.78 is 0. The second-order valence-electron chi connectivity index (χ2n) is 3.03. The van der Waals surface area contributed by atoms with Crippen molar-refractivity contribution in [3.63, 3.8) is 0 Å². The van der Waals surface area contributed by atoms with Crippen LogP contribution in [0, 0.1) is 0 Å². The molecule has 1 rings (SSSR count). The van der Waals surface area contributed by atoms with Gasteiger partial charge in [-0.15, -0.1) is 0 Å². The van der Waals surface area contributed by atoms with E-state index in [0.29, 0.717) is 0 Å². The largest absolute Gasteiger partial charge is 0.477 e. The van der Waals surface area contributed by atoms with Crippen LogP contribution >= 0.6 is 0 Å². The van der Waals surface area contributed by atoms with Gasteiger partial charge in [0.15, 0.2) is 0 Å². The molecule has 6 heteroatoms. The fourth-order valence-electron chi connectivity index (χ4n) is 1.10. The molecule has 2 unspecified atom stereocenters. The third kappa shape index (κ3) is 2.72. The highest BCUT2D eigenvalue weighted by molar-refractivity contribution is 5.85. The molecule has 0 radical (unpaired) electrons. The molecular formula is C9H12N2O4. The van der Waals surface area contributed by atoms with Gasteiger partial charge in [0.1, 0.15) is 11.8 Å². The Morgan fingerprint density at radius 3 is 2.73 bits per heavy atom. The van der Waals surface area contributed by atoms with Crippen molar-refractivity contribution in [1.29, 1.82) is 0 Å². The van der Waals surface area contributed by atoms with Crippen LogP contribution in [0.25, 0.3) is 0 Å². The Labute approximate surface area is 86.0 Å². The van der Waals surface area contributed by atoms with Gasteiger partial charge >= 0.3 is 5.97 Å². The highest BCUT2D eigenvalue weighted by atomic mass is 16.4. The molecule has 6 nitrogen and oxygen atoms in total. The minimum absolute atomic E-state index is 0.105. The first-order valence-electron chi connectivity index (χ1n) is 4.31. The SMILES string of the molecule is NCC(O)C(O)c1ccnc(C(=O)O)c1. The Hall–Kier alpha value is -1.50. The van der Waals surface area contributed by atoms with Crippen molar-refractivity contribution in [2.24, 2.45) is 5.73 Å². The Kier molecular flexibility index (Phi) is 3.73. The van der Waals surface area contributed by atoms with Crippen molar-refractivity contribution in [1.82, 2.24) is 4.98 Å². The molecule has 0 saturated carbocycles. The van der Waals surface area contributed by atoms with Crippen LogP contribution < -0.4 is 5.73 Å². The summed E-state index contributed by atoms with van der Waals surface area (Å²) in [7, 11) is 0. The van der Waals surface area contributed by atoms with Crippen molar-refractivity contribution >= 4 is 5.97 Å². The maximum Gasteiger partial charge on any atom is 0.354 e. The lowest BCUT2D eigenvalue weighted by Crippen LogP contribution is -2.27. The van der Waals surface area contributed by atoms with Crippen LogP contribution in [0.3, 0.4) is 0 Å². The van der Waals surface area contributed by atoms with Gasteiger partial charge in [-0.3, -0.25) is 0 Å². The van der Waals surface area contributed by atoms with E-state index in [1.54, 1.807) is 0 Å². The average Bonchev–Trinajstić information content (AvgIpc) is 2.27. The van der Waals surface area contributed by atoms with E-state index in [0.717, 1.165) is 0 Å². The number of pyridine rings is 1. The molecule has 15 heavy (non-hydrogen) atoms. The Morgan fingerprint density at radius 1 is 1.53 bits per heavy atom. The summed E-state index contributed by atoms with van der Waals surface area (Å²) in [5.41, 5.74) is 5.26. The van der Waals surface area contributed by atoms with Crippen LogP contribution in [0.1, 0.15) is 22.2 Å². The van der Waals surface area contributed by atoms with Gasteiger partial charge in [-0.2, -0.15) is 0 Å². The molecule has 0 aromatic carbocycles. The number of nitrogens with two attached hydrogens (primary N) is 1. The Balaban J connectivity index is 2.94. The molecule has 0 aliphatic heterocycles. The van der Waals surface area contributed by atoms with E-state index in [-0.39, 0.29) is 17.8 Å². The summed E-state index contributed by atoms with van der Waals surface area (Å²) in [5, 5.41) is 27.5. The number of hydrogen-bond acceptors (Lipinski definition) is 5. The predicted octanol–water partition coefficient (Wildman–Crippen LogP) is -0.867. The van der Waals surface area contributed by atoms with Crippen LogP contribution in [-0.2, 0) is 0 Å². The van der Waals surface area contributed by atoms with Crippen LogP contribution in [0.4, 0.5) is 0 Å². The van der Waals surface area contributed by atoms with Crippen molar-refractivity contribution in [3.8, 4) is 0 Å². The highest BCUT2D eigenvalue weighted by Crippen LogP contribution is 2.16. The minimum Gasteiger partial charge on any atom is -0.477 e. The first kappa shape index (κ1) is 11.6. The molecule has 1 aromatic rings. The van der Waals surface area contributed by atoms with Gasteiger partial charge < -0.3 is 21.1 Å². The standard InChI is InChI=1S/C9H12N2O4/c10-4-7(12)8(13)5-1-2-11-6(3-5)9(14)15/h1-3,7-8,12-13H,4,10H2,(H,14,15). The summed E-state index contributed by atoms with van der Waals surface area (Å²) >= 11 is 0. The summed E-state index contributed by atoms with van der Waals surface area (Å²) in [6.45, 7) is -0.105. The summed E-state index contributed by atoms with van der Waals surface area (Å²) in [6.07, 6.45) is -1.06. The third-order valence-electron chi connectivity index (χ3n) is 1.95. The normalized spacial score (nSPS) is 14.6. The maximum atomic E-state index is 10.6. The van der Waals surface area contributed by atoms with Gasteiger partial charge in [0.25, 0.3) is 0 Å². The molecule has 0 spiro atoms. The number of carboxylic acid groups (broad SMARTS) is 1. The van der Waals surface area contributed by atoms with E-state index < -0.39 is 18.2 Å². The molecule has 1 aromatic heterocycles. The molecule has 2 atom stereocenters. The monoisotopic (exact) mass is 212 g/mol. The van der Waals surface area contributed by atoms with E-state index in [2.05, 4.69) is 4.98 Å². The van der Waals surface area contributed by atoms with E-state index in [4.69, 9.17) is 10.8 Å². The summed E-state index contributed by atoms with van der Waals surface area (Å²) in [6, 6.07) is 2.63. The van der Waals surface area contributed by atoms with Crippen molar-refractivity contribution in [3.05, 3.63) is 29.6 Å². The first-order valence-corrected chi connectivity index (χ1v) is 4.31. The molecular weight excluding hydrogens is 200 g/mol. The van der Waals surface area contributed by atoms with Gasteiger partial charge in [0, 0.05) is 12.7 Å². The van der Waals surface area contributed by atoms with Gasteiger partial charge in [0.2, 0.25) is 0 Å². The van der Waals surface area contributed by atoms with Gasteiger partial charge in [-0.25, -0.2) is 9.78 Å². The van der Waals surface area contributed by atoms with E-state index in [9.17, 15) is 15.0 Å². The number of aliphatic hydroxyl groups excluding tert-OH is 2. The molecule has 5 N–H and O–H groups in total. The molecule has 0 aliphatic carbocycles. The molecule has 0 fully saturated rings. The third-order valence-corrected chi connectivity index (χ3v) is 1.95. The number of aliphatic hydroxyl groups is 2. The summed E-state index contributed by atoms with van der Waals surface area (Å²) in [4.78, 5) is 14.2. The molecule has 0 aliphatic rings. The van der Waals surface area contributed by atoms with Crippen molar-refractivity contribution in [2.75, 3.05) is 6.54 Å². The van der Waals surface area contributed by atoms with E-state index >= 15 is 0 Å². The second-order valence-corrected chi connectivity index (χ2v) is 3.03. The number of aromatic carboxylic acids is 1. The number of aromatic nitrogens is 1. The van der Waals surface area contributed by atoms with Gasteiger partial charge in [0.05, 0.1) is 6.10 Å². The van der Waals surface area contributed by atoms with Crippen molar-refractivity contribution < 1.29 is 20.1 Å². The zero-order valence-electron chi connectivity index (χ0n) is 7.87. The number of carbonyl (C=O) groups is 1. The van der Waals surface area contributed by atoms with Crippen molar-refractivity contribution in [2.45, 2.75) is 12.2 Å². The van der Waals surface area contributed by atoms with E-state index in [1.807, 2.05) is 0 Å². The highest BCUT2D eigenvalue weighted by Gasteiger charge is 2.18. The van der Waals surface area contributed by atoms with E-state index in [1.165, 1.54) is 18.3 Å². The van der Waals surface area contributed by atoms with Crippen LogP contribution in [-0.4, -0.2) is 38.9 Å². The molecule has 0 amide bonds. The first-order chi connectivity index (χ1) is 7.06. The zero-order chi connectivity index (χ0) is 11.4. The number of hydrogen-bond donors (Lipinski definition) is 4. The zero-order valence-corrected chi connectivity index (χ0v) is 7.87. The number of rotatable bonds is 4. The van der Waals surface area contributed by atoms with Crippen LogP contribution in [0.15, 0.2) is 18.3 Å². The van der Waals surface area contributed by atoms with Crippen LogP contribution in [0.2, 0.25) is 0 Å². The fraction of sp³-hybridized carbons (Fsp3) is 0.333. The quantitative estimate of drug-likeness (QED) is 0.515.